The topological polar surface area (TPSA) is 91.3 Å². The molecule has 8 heteroatoms. The molecule has 2 aliphatic heterocycles. The van der Waals surface area contributed by atoms with Crippen LogP contribution in [0, 0.1) is 11.8 Å². The summed E-state index contributed by atoms with van der Waals surface area (Å²) in [5.41, 5.74) is 1.11. The molecule has 0 radical (unpaired) electrons. The highest BCUT2D eigenvalue weighted by molar-refractivity contribution is 5.87. The van der Waals surface area contributed by atoms with Crippen molar-refractivity contribution < 1.29 is 24.2 Å². The Labute approximate surface area is 242 Å². The number of allylic oxidation sites excluding steroid dienone is 4. The van der Waals surface area contributed by atoms with Crippen LogP contribution in [0.3, 0.4) is 0 Å². The van der Waals surface area contributed by atoms with Crippen molar-refractivity contribution >= 4 is 12.0 Å². The largest absolute Gasteiger partial charge is 0.453 e. The fraction of sp³-hybridized carbons (Fsp3) is 0.750. The van der Waals surface area contributed by atoms with Gasteiger partial charge in [0.25, 0.3) is 0 Å². The number of carbonyl (C=O) groups is 2. The van der Waals surface area contributed by atoms with E-state index in [1.807, 2.05) is 13.0 Å². The second-order valence-corrected chi connectivity index (χ2v) is 12.2. The number of nitrogens with zero attached hydrogens (tertiary/aromatic N) is 2. The summed E-state index contributed by atoms with van der Waals surface area (Å²) in [6.45, 7) is 12.1. The molecule has 1 saturated carbocycles. The fourth-order valence-electron chi connectivity index (χ4n) is 5.68. The summed E-state index contributed by atoms with van der Waals surface area (Å²) in [7, 11) is 3.47. The Hall–Kier alpha value is -2.16. The summed E-state index contributed by atoms with van der Waals surface area (Å²) in [6.07, 6.45) is 18.4. The third kappa shape index (κ3) is 13.0. The zero-order chi connectivity index (χ0) is 29.5. The highest BCUT2D eigenvalue weighted by Crippen LogP contribution is 2.33. The van der Waals surface area contributed by atoms with E-state index in [1.54, 1.807) is 11.0 Å². The predicted octanol–water partition coefficient (Wildman–Crippen LogP) is 5.09. The van der Waals surface area contributed by atoms with Gasteiger partial charge >= 0.3 is 6.09 Å². The monoisotopic (exact) mass is 561 g/mol. The molecule has 3 aliphatic rings. The second-order valence-electron chi connectivity index (χ2n) is 12.2. The van der Waals surface area contributed by atoms with Crippen LogP contribution >= 0.6 is 0 Å². The first-order chi connectivity index (χ1) is 19.0. The molecule has 0 bridgehead atoms. The van der Waals surface area contributed by atoms with E-state index in [1.165, 1.54) is 25.5 Å². The smallest absolute Gasteiger partial charge is 0.409 e. The Kier molecular flexibility index (Phi) is 15.0. The summed E-state index contributed by atoms with van der Waals surface area (Å²) in [5.74, 6) is 1.08. The maximum atomic E-state index is 11.8. The van der Waals surface area contributed by atoms with E-state index in [9.17, 15) is 14.7 Å². The number of nitrogens with one attached hydrogen (secondary N) is 1. The van der Waals surface area contributed by atoms with E-state index in [0.29, 0.717) is 17.9 Å². The molecule has 3 rings (SSSR count). The van der Waals surface area contributed by atoms with Gasteiger partial charge in [-0.3, -0.25) is 4.79 Å². The van der Waals surface area contributed by atoms with Gasteiger partial charge in [0.1, 0.15) is 0 Å². The molecule has 3 fully saturated rings. The Morgan fingerprint density at radius 3 is 2.35 bits per heavy atom. The Morgan fingerprint density at radius 2 is 1.75 bits per heavy atom. The standard InChI is InChI=1S/C25H41NO3.C7H14N2O2/c1-5-6-7-24(28)26-22-13-11-20(12-14-22)10-8-19(2)9-15-23-16-21(18-27)17-25(3,4)29-23;1-8-3-5-9(6-4-8)7(10)11-2/h6-9,15,20-23,27H,5,10-14,16-18H2,1-4H3,(H,26,28);3-6H2,1-2H3/b7-6-,15-9+,19-8+;. The van der Waals surface area contributed by atoms with Crippen molar-refractivity contribution in [2.24, 2.45) is 11.8 Å². The van der Waals surface area contributed by atoms with Gasteiger partial charge in [-0.1, -0.05) is 36.8 Å². The molecule has 0 aromatic carbocycles. The number of carbonyl (C=O) groups excluding carboxylic acids is 2. The molecule has 228 valence electrons. The number of piperazine rings is 1. The fourth-order valence-corrected chi connectivity index (χ4v) is 5.68. The van der Waals surface area contributed by atoms with Gasteiger partial charge in [0.05, 0.1) is 18.8 Å². The van der Waals surface area contributed by atoms with Crippen LogP contribution < -0.4 is 5.32 Å². The lowest BCUT2D eigenvalue weighted by atomic mass is 9.83. The number of rotatable bonds is 8. The third-order valence-corrected chi connectivity index (χ3v) is 8.06. The first-order valence-electron chi connectivity index (χ1n) is 15.2. The van der Waals surface area contributed by atoms with E-state index in [-0.39, 0.29) is 30.3 Å². The molecule has 2 atom stereocenters. The van der Waals surface area contributed by atoms with Crippen molar-refractivity contribution in [3.8, 4) is 0 Å². The number of ether oxygens (including phenoxy) is 2. The Morgan fingerprint density at radius 1 is 1.07 bits per heavy atom. The van der Waals surface area contributed by atoms with Gasteiger partial charge in [0, 0.05) is 38.8 Å². The molecule has 0 spiro atoms. The molecule has 2 amide bonds. The van der Waals surface area contributed by atoms with Gasteiger partial charge < -0.3 is 29.7 Å². The van der Waals surface area contributed by atoms with Crippen LogP contribution in [0.4, 0.5) is 4.79 Å². The first kappa shape index (κ1) is 34.0. The molecule has 8 nitrogen and oxygen atoms in total. The lowest BCUT2D eigenvalue weighted by molar-refractivity contribution is -0.117. The minimum Gasteiger partial charge on any atom is -0.453 e. The average Bonchev–Trinajstić information content (AvgIpc) is 2.94. The van der Waals surface area contributed by atoms with Crippen molar-refractivity contribution in [1.29, 1.82) is 0 Å². The van der Waals surface area contributed by atoms with Crippen LogP contribution in [0.5, 0.6) is 0 Å². The SMILES string of the molecule is CC/C=C\C(=O)NC1CCC(C/C=C(C)/C=C/C2CC(CO)CC(C)(C)O2)CC1.COC(=O)N1CCN(C)CC1. The van der Waals surface area contributed by atoms with Crippen molar-refractivity contribution in [1.82, 2.24) is 15.1 Å². The number of likely N-dealkylation sites (N-methyl/N-ethyl adjacent to an activating group) is 1. The Balaban J connectivity index is 0.000000425. The molecular weight excluding hydrogens is 506 g/mol. The van der Waals surface area contributed by atoms with Gasteiger partial charge in [0.15, 0.2) is 0 Å². The molecule has 1 aliphatic carbocycles. The lowest BCUT2D eigenvalue weighted by Crippen LogP contribution is -2.47. The zero-order valence-electron chi connectivity index (χ0n) is 25.9. The second kappa shape index (κ2) is 17.6. The maximum absolute atomic E-state index is 11.8. The van der Waals surface area contributed by atoms with Crippen molar-refractivity contribution in [2.45, 2.75) is 96.8 Å². The predicted molar refractivity (Wildman–Crippen MR) is 161 cm³/mol. The first-order valence-corrected chi connectivity index (χ1v) is 15.2. The lowest BCUT2D eigenvalue weighted by Gasteiger charge is -2.39. The zero-order valence-corrected chi connectivity index (χ0v) is 25.9. The molecule has 2 heterocycles. The minimum atomic E-state index is -0.210. The van der Waals surface area contributed by atoms with E-state index >= 15 is 0 Å². The van der Waals surface area contributed by atoms with Gasteiger partial charge in [0.2, 0.25) is 5.91 Å². The normalized spacial score (nSPS) is 27.8. The van der Waals surface area contributed by atoms with Crippen LogP contribution in [0.15, 0.2) is 36.0 Å². The summed E-state index contributed by atoms with van der Waals surface area (Å²) in [6, 6.07) is 0.330. The maximum Gasteiger partial charge on any atom is 0.409 e. The number of hydrogen-bond acceptors (Lipinski definition) is 6. The van der Waals surface area contributed by atoms with Gasteiger partial charge in [-0.25, -0.2) is 4.79 Å². The van der Waals surface area contributed by atoms with Crippen LogP contribution in [-0.2, 0) is 14.3 Å². The summed E-state index contributed by atoms with van der Waals surface area (Å²) < 4.78 is 10.7. The molecular formula is C32H55N3O5. The van der Waals surface area contributed by atoms with E-state index in [0.717, 1.165) is 64.7 Å². The number of amides is 2. The van der Waals surface area contributed by atoms with Gasteiger partial charge in [-0.2, -0.15) is 0 Å². The van der Waals surface area contributed by atoms with Crippen LogP contribution in [0.2, 0.25) is 0 Å². The summed E-state index contributed by atoms with van der Waals surface area (Å²) in [4.78, 5) is 26.7. The third-order valence-electron chi connectivity index (χ3n) is 8.06. The van der Waals surface area contributed by atoms with Gasteiger partial charge in [-0.15, -0.1) is 0 Å². The number of aliphatic hydroxyl groups is 1. The molecule has 0 aromatic rings. The quantitative estimate of drug-likeness (QED) is 0.317. The molecule has 2 saturated heterocycles. The van der Waals surface area contributed by atoms with Crippen LogP contribution in [0.1, 0.15) is 79.1 Å². The van der Waals surface area contributed by atoms with Crippen molar-refractivity contribution in [3.63, 3.8) is 0 Å². The van der Waals surface area contributed by atoms with E-state index in [2.05, 4.69) is 61.0 Å². The Bertz CT molecular complexity index is 853. The van der Waals surface area contributed by atoms with Crippen LogP contribution in [-0.4, -0.2) is 91.6 Å². The van der Waals surface area contributed by atoms with Gasteiger partial charge in [-0.05, 0) is 97.1 Å². The number of methoxy groups -OCH3 is 1. The average molecular weight is 562 g/mol. The molecule has 40 heavy (non-hydrogen) atoms. The highest BCUT2D eigenvalue weighted by Gasteiger charge is 2.33. The number of hydrogen-bond donors (Lipinski definition) is 2. The van der Waals surface area contributed by atoms with E-state index < -0.39 is 0 Å². The van der Waals surface area contributed by atoms with Crippen LogP contribution in [0.25, 0.3) is 0 Å². The number of aliphatic hydroxyl groups excluding tert-OH is 1. The summed E-state index contributed by atoms with van der Waals surface area (Å²) in [5, 5.41) is 12.7. The molecule has 0 aromatic heterocycles. The summed E-state index contributed by atoms with van der Waals surface area (Å²) >= 11 is 0. The minimum absolute atomic E-state index is 0.0488. The highest BCUT2D eigenvalue weighted by atomic mass is 16.5. The molecule has 2 unspecified atom stereocenters. The van der Waals surface area contributed by atoms with E-state index in [4.69, 9.17) is 4.74 Å². The molecule has 2 N–H and O–H groups in total. The van der Waals surface area contributed by atoms with Crippen molar-refractivity contribution in [2.75, 3.05) is 46.9 Å². The van der Waals surface area contributed by atoms with Crippen molar-refractivity contribution in [3.05, 3.63) is 36.0 Å².